The molecule has 5 heteroatoms. The number of rotatable bonds is 3. The van der Waals surface area contributed by atoms with Crippen LogP contribution in [0.3, 0.4) is 0 Å². The smallest absolute Gasteiger partial charge is 0.427 e. The number of benzene rings is 1. The fourth-order valence-electron chi connectivity index (χ4n) is 0.961. The Balaban J connectivity index is 2.76. The van der Waals surface area contributed by atoms with Crippen molar-refractivity contribution in [2.45, 2.75) is 0 Å². The highest BCUT2D eigenvalue weighted by Gasteiger charge is 2.02. The summed E-state index contributed by atoms with van der Waals surface area (Å²) in [5, 5.41) is 3.84. The fraction of sp³-hybridized carbons (Fsp3) is 0.200. The van der Waals surface area contributed by atoms with Gasteiger partial charge in [-0.2, -0.15) is 5.10 Å². The summed E-state index contributed by atoms with van der Waals surface area (Å²) in [5.41, 5.74) is 3.67. The number of carbonyl (C=O) groups is 1. The molecule has 0 atom stereocenters. The number of hydrogen-bond acceptors (Lipinski definition) is 3. The van der Waals surface area contributed by atoms with Crippen molar-refractivity contribution in [2.24, 2.45) is 5.10 Å². The van der Waals surface area contributed by atoms with Gasteiger partial charge in [0.1, 0.15) is 0 Å². The molecule has 0 saturated carbocycles. The Kier molecular flexibility index (Phi) is 4.63. The second-order valence-corrected chi connectivity index (χ2v) is 2.93. The number of ether oxygens (including phenoxy) is 1. The van der Waals surface area contributed by atoms with Crippen molar-refractivity contribution >= 4 is 23.4 Å². The van der Waals surface area contributed by atoms with Gasteiger partial charge in [-0.3, -0.25) is 0 Å². The van der Waals surface area contributed by atoms with E-state index in [9.17, 15) is 4.79 Å². The third kappa shape index (κ3) is 3.59. The molecule has 1 rings (SSSR count). The first-order valence-corrected chi connectivity index (χ1v) is 4.83. The zero-order valence-corrected chi connectivity index (χ0v) is 8.99. The van der Waals surface area contributed by atoms with E-state index in [-0.39, 0.29) is 5.88 Å². The molecule has 4 nitrogen and oxygen atoms in total. The van der Waals surface area contributed by atoms with E-state index in [2.05, 4.69) is 15.3 Å². The summed E-state index contributed by atoms with van der Waals surface area (Å²) in [7, 11) is 1.27. The van der Waals surface area contributed by atoms with Crippen LogP contribution in [0.25, 0.3) is 0 Å². The molecule has 0 aliphatic heterocycles. The molecule has 1 aromatic rings. The molecular weight excluding hydrogens is 216 g/mol. The molecule has 0 aromatic heterocycles. The van der Waals surface area contributed by atoms with Crippen LogP contribution in [0.5, 0.6) is 0 Å². The quantitative estimate of drug-likeness (QED) is 0.487. The number of amides is 1. The fourth-order valence-corrected chi connectivity index (χ4v) is 1.17. The minimum absolute atomic E-state index is 0.216. The number of carbonyl (C=O) groups excluding carboxylic acids is 1. The number of nitrogens with zero attached hydrogens (tertiary/aromatic N) is 1. The van der Waals surface area contributed by atoms with E-state index < -0.39 is 6.09 Å². The second kappa shape index (κ2) is 6.03. The number of halogens is 1. The molecule has 0 aliphatic rings. The minimum atomic E-state index is -0.617. The normalized spacial score (nSPS) is 10.9. The summed E-state index contributed by atoms with van der Waals surface area (Å²) >= 11 is 5.71. The predicted molar refractivity (Wildman–Crippen MR) is 59.2 cm³/mol. The van der Waals surface area contributed by atoms with Crippen molar-refractivity contribution < 1.29 is 9.53 Å². The molecule has 1 aromatic carbocycles. The maximum absolute atomic E-state index is 10.8. The van der Waals surface area contributed by atoms with E-state index in [1.807, 2.05) is 30.3 Å². The molecule has 0 radical (unpaired) electrons. The Hall–Kier alpha value is -1.55. The molecule has 0 fully saturated rings. The third-order valence-electron chi connectivity index (χ3n) is 1.70. The molecule has 0 spiro atoms. The zero-order valence-electron chi connectivity index (χ0n) is 8.24. The lowest BCUT2D eigenvalue weighted by atomic mass is 10.1. The first-order valence-electron chi connectivity index (χ1n) is 4.30. The summed E-state index contributed by atoms with van der Waals surface area (Å²) in [4.78, 5) is 10.8. The molecule has 0 saturated heterocycles. The lowest BCUT2D eigenvalue weighted by molar-refractivity contribution is 0.171. The van der Waals surface area contributed by atoms with Gasteiger partial charge in [-0.1, -0.05) is 30.3 Å². The zero-order chi connectivity index (χ0) is 11.1. The van der Waals surface area contributed by atoms with Gasteiger partial charge in [-0.15, -0.1) is 11.6 Å². The second-order valence-electron chi connectivity index (χ2n) is 2.66. The number of hydrogen-bond donors (Lipinski definition) is 1. The predicted octanol–water partition coefficient (Wildman–Crippen LogP) is 1.99. The molecule has 0 aliphatic carbocycles. The maximum atomic E-state index is 10.8. The highest BCUT2D eigenvalue weighted by Crippen LogP contribution is 2.02. The van der Waals surface area contributed by atoms with Crippen LogP contribution in [0.2, 0.25) is 0 Å². The lowest BCUT2D eigenvalue weighted by Gasteiger charge is -2.02. The van der Waals surface area contributed by atoms with Crippen LogP contribution < -0.4 is 5.43 Å². The van der Waals surface area contributed by atoms with E-state index >= 15 is 0 Å². The number of nitrogens with one attached hydrogen (secondary N) is 1. The van der Waals surface area contributed by atoms with Crippen LogP contribution in [0.4, 0.5) is 4.79 Å². The van der Waals surface area contributed by atoms with E-state index in [4.69, 9.17) is 11.6 Å². The summed E-state index contributed by atoms with van der Waals surface area (Å²) in [6.45, 7) is 0. The Morgan fingerprint density at radius 2 is 2.13 bits per heavy atom. The number of methoxy groups -OCH3 is 1. The number of alkyl halides is 1. The molecule has 0 bridgehead atoms. The van der Waals surface area contributed by atoms with E-state index in [1.54, 1.807) is 0 Å². The van der Waals surface area contributed by atoms with Crippen molar-refractivity contribution in [3.8, 4) is 0 Å². The van der Waals surface area contributed by atoms with E-state index in [0.717, 1.165) is 5.56 Å². The van der Waals surface area contributed by atoms with Crippen LogP contribution in [0.1, 0.15) is 5.56 Å². The van der Waals surface area contributed by atoms with Crippen molar-refractivity contribution in [1.82, 2.24) is 5.43 Å². The molecule has 80 valence electrons. The van der Waals surface area contributed by atoms with Gasteiger partial charge in [0.15, 0.2) is 0 Å². The van der Waals surface area contributed by atoms with Crippen LogP contribution in [0.15, 0.2) is 35.4 Å². The first kappa shape index (κ1) is 11.5. The minimum Gasteiger partial charge on any atom is -0.452 e. The summed E-state index contributed by atoms with van der Waals surface area (Å²) < 4.78 is 4.38. The Morgan fingerprint density at radius 1 is 1.47 bits per heavy atom. The molecule has 0 heterocycles. The molecule has 15 heavy (non-hydrogen) atoms. The van der Waals surface area contributed by atoms with Crippen molar-refractivity contribution in [2.75, 3.05) is 13.0 Å². The lowest BCUT2D eigenvalue weighted by Crippen LogP contribution is -2.20. The average molecular weight is 227 g/mol. The topological polar surface area (TPSA) is 50.7 Å². The van der Waals surface area contributed by atoms with Crippen LogP contribution >= 0.6 is 11.6 Å². The molecule has 1 amide bonds. The van der Waals surface area contributed by atoms with Crippen LogP contribution in [0, 0.1) is 0 Å². The van der Waals surface area contributed by atoms with Gasteiger partial charge < -0.3 is 4.74 Å². The molecule has 0 unspecified atom stereocenters. The Labute approximate surface area is 92.9 Å². The Morgan fingerprint density at radius 3 is 2.67 bits per heavy atom. The van der Waals surface area contributed by atoms with Gasteiger partial charge in [-0.05, 0) is 5.56 Å². The third-order valence-corrected chi connectivity index (χ3v) is 1.95. The molecule has 1 N–H and O–H groups in total. The van der Waals surface area contributed by atoms with Gasteiger partial charge in [-0.25, -0.2) is 10.2 Å². The largest absolute Gasteiger partial charge is 0.452 e. The number of hydrazone groups is 1. The van der Waals surface area contributed by atoms with Gasteiger partial charge >= 0.3 is 6.09 Å². The van der Waals surface area contributed by atoms with E-state index in [1.165, 1.54) is 7.11 Å². The van der Waals surface area contributed by atoms with E-state index in [0.29, 0.717) is 5.71 Å². The van der Waals surface area contributed by atoms with Gasteiger partial charge in [0.05, 0.1) is 18.7 Å². The summed E-state index contributed by atoms with van der Waals surface area (Å²) in [6.07, 6.45) is -0.617. The summed E-state index contributed by atoms with van der Waals surface area (Å²) in [5.74, 6) is 0.216. The van der Waals surface area contributed by atoms with Gasteiger partial charge in [0.2, 0.25) is 0 Å². The van der Waals surface area contributed by atoms with Crippen molar-refractivity contribution in [3.63, 3.8) is 0 Å². The summed E-state index contributed by atoms with van der Waals surface area (Å²) in [6, 6.07) is 9.36. The van der Waals surface area contributed by atoms with Crippen LogP contribution in [-0.4, -0.2) is 24.8 Å². The van der Waals surface area contributed by atoms with Crippen LogP contribution in [-0.2, 0) is 4.74 Å². The highest BCUT2D eigenvalue weighted by atomic mass is 35.5. The van der Waals surface area contributed by atoms with Crippen molar-refractivity contribution in [3.05, 3.63) is 35.9 Å². The standard InChI is InChI=1S/C10H11ClN2O2/c1-15-10(14)13-12-9(7-11)8-5-3-2-4-6-8/h2-6H,7H2,1H3,(H,13,14)/b12-9-. The highest BCUT2D eigenvalue weighted by molar-refractivity contribution is 6.31. The Bertz CT molecular complexity index is 352. The SMILES string of the molecule is COC(=O)N/N=C(/CCl)c1ccccc1. The first-order chi connectivity index (χ1) is 7.27. The maximum Gasteiger partial charge on any atom is 0.427 e. The van der Waals surface area contributed by atoms with Crippen molar-refractivity contribution in [1.29, 1.82) is 0 Å². The van der Waals surface area contributed by atoms with Gasteiger partial charge in [0, 0.05) is 0 Å². The average Bonchev–Trinajstić information content (AvgIpc) is 2.31. The monoisotopic (exact) mass is 226 g/mol. The van der Waals surface area contributed by atoms with Gasteiger partial charge in [0.25, 0.3) is 0 Å². The molecular formula is C10H11ClN2O2.